The molecule has 2 aliphatic rings. The van der Waals surface area contributed by atoms with E-state index < -0.39 is 5.63 Å². The molecular formula is C28H23NO3. The van der Waals surface area contributed by atoms with Gasteiger partial charge in [0.1, 0.15) is 11.3 Å². The zero-order valence-electron chi connectivity index (χ0n) is 18.1. The van der Waals surface area contributed by atoms with Crippen LogP contribution in [0.2, 0.25) is 0 Å². The van der Waals surface area contributed by atoms with Gasteiger partial charge in [-0.15, -0.1) is 0 Å². The lowest BCUT2D eigenvalue weighted by Crippen LogP contribution is -2.35. The first-order valence-electron chi connectivity index (χ1n) is 11.0. The van der Waals surface area contributed by atoms with Gasteiger partial charge in [-0.25, -0.2) is 4.79 Å². The number of carbonyl (C=O) groups excluding carboxylic acids is 1. The predicted molar refractivity (Wildman–Crippen MR) is 127 cm³/mol. The van der Waals surface area contributed by atoms with Crippen molar-refractivity contribution in [1.29, 1.82) is 0 Å². The summed E-state index contributed by atoms with van der Waals surface area (Å²) in [6.45, 7) is 4.19. The van der Waals surface area contributed by atoms with Crippen LogP contribution in [-0.4, -0.2) is 5.78 Å². The van der Waals surface area contributed by atoms with Crippen LogP contribution in [0, 0.1) is 5.41 Å². The maximum absolute atomic E-state index is 13.5. The molecule has 4 nitrogen and oxygen atoms in total. The maximum atomic E-state index is 13.5. The highest BCUT2D eigenvalue weighted by atomic mass is 16.4. The lowest BCUT2D eigenvalue weighted by atomic mass is 9.68. The third-order valence-corrected chi connectivity index (χ3v) is 6.73. The molecule has 0 bridgehead atoms. The van der Waals surface area contributed by atoms with Gasteiger partial charge in [-0.05, 0) is 34.2 Å². The minimum Gasteiger partial charge on any atom is -0.421 e. The molecule has 6 rings (SSSR count). The van der Waals surface area contributed by atoms with Crippen LogP contribution < -0.4 is 10.9 Å². The first-order valence-corrected chi connectivity index (χ1v) is 11.0. The zero-order valence-corrected chi connectivity index (χ0v) is 18.1. The van der Waals surface area contributed by atoms with Crippen molar-refractivity contribution in [1.82, 2.24) is 0 Å². The Labute approximate surface area is 185 Å². The van der Waals surface area contributed by atoms with Crippen molar-refractivity contribution >= 4 is 33.2 Å². The van der Waals surface area contributed by atoms with Gasteiger partial charge >= 0.3 is 5.63 Å². The summed E-state index contributed by atoms with van der Waals surface area (Å²) in [4.78, 5) is 26.6. The van der Waals surface area contributed by atoms with E-state index >= 15 is 0 Å². The van der Waals surface area contributed by atoms with Crippen molar-refractivity contribution < 1.29 is 9.21 Å². The van der Waals surface area contributed by atoms with Crippen molar-refractivity contribution in [2.45, 2.75) is 32.6 Å². The summed E-state index contributed by atoms with van der Waals surface area (Å²) >= 11 is 0. The van der Waals surface area contributed by atoms with E-state index in [4.69, 9.17) is 4.42 Å². The smallest absolute Gasteiger partial charge is 0.360 e. The van der Waals surface area contributed by atoms with Crippen LogP contribution in [0.3, 0.4) is 0 Å². The normalized spacial score (nSPS) is 19.6. The predicted octanol–water partition coefficient (Wildman–Crippen LogP) is 6.15. The molecule has 1 atom stereocenters. The Bertz CT molecular complexity index is 1520. The van der Waals surface area contributed by atoms with Gasteiger partial charge in [0.05, 0.1) is 0 Å². The van der Waals surface area contributed by atoms with Gasteiger partial charge in [0.2, 0.25) is 0 Å². The fraction of sp³-hybridized carbons (Fsp3) is 0.214. The first kappa shape index (κ1) is 19.1. The number of Topliss-reactive ketones (excluding diaryl/α,β-unsaturated/α-hetero) is 1. The fourth-order valence-electron chi connectivity index (χ4n) is 5.39. The summed E-state index contributed by atoms with van der Waals surface area (Å²) in [6, 6.07) is 22.1. The second kappa shape index (κ2) is 6.67. The van der Waals surface area contributed by atoms with Crippen LogP contribution in [0.5, 0.6) is 0 Å². The SMILES string of the molecule is CC1(C)CC(=O)C2=C(C1)Nc1c(c3ccccc3oc1=O)C2c1ccc2ccccc2c1. The van der Waals surface area contributed by atoms with E-state index in [2.05, 4.69) is 49.5 Å². The van der Waals surface area contributed by atoms with E-state index in [0.717, 1.165) is 38.6 Å². The van der Waals surface area contributed by atoms with Crippen molar-refractivity contribution in [3.05, 3.63) is 99.5 Å². The van der Waals surface area contributed by atoms with Gasteiger partial charge in [-0.2, -0.15) is 0 Å². The minimum atomic E-state index is -0.396. The van der Waals surface area contributed by atoms with Gasteiger partial charge in [0.15, 0.2) is 5.78 Å². The molecule has 0 saturated heterocycles. The minimum absolute atomic E-state index is 0.143. The van der Waals surface area contributed by atoms with E-state index in [1.54, 1.807) is 0 Å². The number of hydrogen-bond acceptors (Lipinski definition) is 4. The molecule has 0 spiro atoms. The Kier molecular flexibility index (Phi) is 3.97. The topological polar surface area (TPSA) is 59.3 Å². The Balaban J connectivity index is 1.70. The summed E-state index contributed by atoms with van der Waals surface area (Å²) < 4.78 is 5.65. The lowest BCUT2D eigenvalue weighted by Gasteiger charge is -2.39. The molecule has 0 amide bonds. The molecule has 1 N–H and O–H groups in total. The quantitative estimate of drug-likeness (QED) is 0.375. The second-order valence-corrected chi connectivity index (χ2v) is 9.67. The number of allylic oxidation sites excluding steroid dienone is 2. The van der Waals surface area contributed by atoms with Gasteiger partial charge in [0.25, 0.3) is 0 Å². The summed E-state index contributed by atoms with van der Waals surface area (Å²) in [6.07, 6.45) is 1.20. The van der Waals surface area contributed by atoms with E-state index in [-0.39, 0.29) is 17.1 Å². The summed E-state index contributed by atoms with van der Waals surface area (Å²) in [5, 5.41) is 6.45. The lowest BCUT2D eigenvalue weighted by molar-refractivity contribution is -0.118. The third-order valence-electron chi connectivity index (χ3n) is 6.73. The number of ketones is 1. The maximum Gasteiger partial charge on any atom is 0.360 e. The van der Waals surface area contributed by atoms with Crippen molar-refractivity contribution in [2.24, 2.45) is 5.41 Å². The standard InChI is InChI=1S/C28H23NO3/c1-28(2)14-20-25(21(30)15-28)23(18-12-11-16-7-3-4-8-17(16)13-18)24-19-9-5-6-10-22(19)32-27(31)26(24)29-20/h3-13,23,29H,14-15H2,1-2H3. The number of rotatable bonds is 1. The van der Waals surface area contributed by atoms with Crippen LogP contribution in [-0.2, 0) is 4.79 Å². The summed E-state index contributed by atoms with van der Waals surface area (Å²) in [7, 11) is 0. The highest BCUT2D eigenvalue weighted by molar-refractivity contribution is 6.04. The fourth-order valence-corrected chi connectivity index (χ4v) is 5.39. The highest BCUT2D eigenvalue weighted by Gasteiger charge is 2.42. The van der Waals surface area contributed by atoms with Gasteiger partial charge in [-0.3, -0.25) is 4.79 Å². The molecule has 4 aromatic rings. The Morgan fingerprint density at radius 2 is 1.66 bits per heavy atom. The van der Waals surface area contributed by atoms with E-state index in [9.17, 15) is 9.59 Å². The Morgan fingerprint density at radius 3 is 2.50 bits per heavy atom. The number of carbonyl (C=O) groups is 1. The number of para-hydroxylation sites is 1. The average molecular weight is 421 g/mol. The van der Waals surface area contributed by atoms with Crippen LogP contribution >= 0.6 is 0 Å². The van der Waals surface area contributed by atoms with Crippen LogP contribution in [0.25, 0.3) is 21.7 Å². The Morgan fingerprint density at radius 1 is 0.906 bits per heavy atom. The second-order valence-electron chi connectivity index (χ2n) is 9.67. The van der Waals surface area contributed by atoms with Crippen LogP contribution in [0.1, 0.15) is 43.7 Å². The van der Waals surface area contributed by atoms with E-state index in [0.29, 0.717) is 24.1 Å². The van der Waals surface area contributed by atoms with Crippen molar-refractivity contribution in [3.8, 4) is 0 Å². The largest absolute Gasteiger partial charge is 0.421 e. The van der Waals surface area contributed by atoms with Crippen molar-refractivity contribution in [3.63, 3.8) is 0 Å². The van der Waals surface area contributed by atoms with Gasteiger partial charge in [0, 0.05) is 34.6 Å². The average Bonchev–Trinajstić information content (AvgIpc) is 2.77. The molecule has 0 saturated carbocycles. The molecule has 1 aromatic heterocycles. The first-order chi connectivity index (χ1) is 15.4. The molecule has 158 valence electrons. The van der Waals surface area contributed by atoms with Crippen LogP contribution in [0.15, 0.2) is 87.2 Å². The summed E-state index contributed by atoms with van der Waals surface area (Å²) in [5.74, 6) is -0.173. The monoisotopic (exact) mass is 421 g/mol. The van der Waals surface area contributed by atoms with Crippen LogP contribution in [0.4, 0.5) is 5.69 Å². The number of fused-ring (bicyclic) bond motifs is 4. The molecular weight excluding hydrogens is 398 g/mol. The zero-order chi connectivity index (χ0) is 22.0. The van der Waals surface area contributed by atoms with E-state index in [1.165, 1.54) is 0 Å². The molecule has 0 radical (unpaired) electrons. The third kappa shape index (κ3) is 2.83. The summed E-state index contributed by atoms with van der Waals surface area (Å²) in [5.41, 5.74) is 3.91. The number of benzene rings is 3. The van der Waals surface area contributed by atoms with Gasteiger partial charge < -0.3 is 9.73 Å². The molecule has 3 aromatic carbocycles. The molecule has 1 aliphatic heterocycles. The Hall–Kier alpha value is -3.66. The molecule has 32 heavy (non-hydrogen) atoms. The van der Waals surface area contributed by atoms with Gasteiger partial charge in [-0.1, -0.05) is 74.5 Å². The van der Waals surface area contributed by atoms with E-state index in [1.807, 2.05) is 36.4 Å². The molecule has 4 heteroatoms. The molecule has 1 unspecified atom stereocenters. The molecule has 0 fully saturated rings. The number of hydrogen-bond donors (Lipinski definition) is 1. The van der Waals surface area contributed by atoms with Crippen molar-refractivity contribution in [2.75, 3.05) is 5.32 Å². The number of nitrogens with one attached hydrogen (secondary N) is 1. The molecule has 1 aliphatic carbocycles. The highest BCUT2D eigenvalue weighted by Crippen LogP contribution is 2.50. The number of anilines is 1. The molecule has 2 heterocycles.